The molecule has 1 atom stereocenters. The fourth-order valence-corrected chi connectivity index (χ4v) is 1.26. The molecule has 0 heterocycles. The average Bonchev–Trinajstić information content (AvgIpc) is 3.05. The Labute approximate surface area is 90.9 Å². The quantitative estimate of drug-likeness (QED) is 0.352. The van der Waals surface area contributed by atoms with Gasteiger partial charge in [-0.05, 0) is 19.3 Å². The summed E-state index contributed by atoms with van der Waals surface area (Å²) in [7, 11) is 1.62. The molecule has 4 nitrogen and oxygen atoms in total. The van der Waals surface area contributed by atoms with Crippen molar-refractivity contribution >= 4 is 5.97 Å². The number of ether oxygens (including phenoxy) is 3. The van der Waals surface area contributed by atoms with E-state index in [0.29, 0.717) is 13.2 Å². The summed E-state index contributed by atoms with van der Waals surface area (Å²) in [5, 5.41) is 0. The summed E-state index contributed by atoms with van der Waals surface area (Å²) in [5.41, 5.74) is 0. The molecule has 0 aromatic rings. The molecule has 88 valence electrons. The molecule has 0 spiro atoms. The molecule has 0 aliphatic heterocycles. The van der Waals surface area contributed by atoms with Gasteiger partial charge < -0.3 is 14.2 Å². The maximum absolute atomic E-state index is 11.1. The van der Waals surface area contributed by atoms with Crippen molar-refractivity contribution in [3.05, 3.63) is 0 Å². The van der Waals surface area contributed by atoms with Gasteiger partial charge in [-0.2, -0.15) is 0 Å². The van der Waals surface area contributed by atoms with E-state index in [1.807, 2.05) is 0 Å². The van der Waals surface area contributed by atoms with Gasteiger partial charge in [0.25, 0.3) is 0 Å². The molecule has 15 heavy (non-hydrogen) atoms. The molecular formula is C11H20O4. The highest BCUT2D eigenvalue weighted by Gasteiger charge is 2.31. The topological polar surface area (TPSA) is 44.8 Å². The molecule has 0 N–H and O–H groups in total. The SMILES string of the molecule is CCCC(OC)OCCOC(=O)C1CC1. The van der Waals surface area contributed by atoms with E-state index in [1.165, 1.54) is 0 Å². The standard InChI is InChI=1S/C11H20O4/c1-3-4-10(13-2)14-7-8-15-11(12)9-5-6-9/h9-10H,3-8H2,1-2H3. The van der Waals surface area contributed by atoms with Crippen molar-refractivity contribution in [3.8, 4) is 0 Å². The van der Waals surface area contributed by atoms with Crippen LogP contribution in [0.5, 0.6) is 0 Å². The molecule has 1 aliphatic rings. The highest BCUT2D eigenvalue weighted by Crippen LogP contribution is 2.29. The van der Waals surface area contributed by atoms with Crippen LogP contribution < -0.4 is 0 Å². The second-order valence-electron chi connectivity index (χ2n) is 3.77. The first kappa shape index (κ1) is 12.5. The van der Waals surface area contributed by atoms with E-state index in [0.717, 1.165) is 25.7 Å². The molecule has 1 saturated carbocycles. The summed E-state index contributed by atoms with van der Waals surface area (Å²) >= 11 is 0. The lowest BCUT2D eigenvalue weighted by Crippen LogP contribution is -2.19. The zero-order valence-corrected chi connectivity index (χ0v) is 9.53. The van der Waals surface area contributed by atoms with Gasteiger partial charge in [0.2, 0.25) is 0 Å². The average molecular weight is 216 g/mol. The molecule has 0 aromatic heterocycles. The predicted octanol–water partition coefficient (Wildman–Crippen LogP) is 1.73. The number of carbonyl (C=O) groups is 1. The molecule has 1 rings (SSSR count). The number of hydrogen-bond acceptors (Lipinski definition) is 4. The van der Waals surface area contributed by atoms with E-state index in [1.54, 1.807) is 7.11 Å². The van der Waals surface area contributed by atoms with Crippen LogP contribution in [0, 0.1) is 5.92 Å². The van der Waals surface area contributed by atoms with Crippen LogP contribution in [0.2, 0.25) is 0 Å². The first-order valence-corrected chi connectivity index (χ1v) is 5.59. The van der Waals surface area contributed by atoms with Gasteiger partial charge >= 0.3 is 5.97 Å². The Kier molecular flexibility index (Phi) is 5.65. The third kappa shape index (κ3) is 5.14. The smallest absolute Gasteiger partial charge is 0.309 e. The van der Waals surface area contributed by atoms with Crippen molar-refractivity contribution in [2.45, 2.75) is 38.9 Å². The highest BCUT2D eigenvalue weighted by molar-refractivity contribution is 5.74. The van der Waals surface area contributed by atoms with Crippen molar-refractivity contribution in [2.75, 3.05) is 20.3 Å². The van der Waals surface area contributed by atoms with E-state index >= 15 is 0 Å². The lowest BCUT2D eigenvalue weighted by molar-refractivity contribution is -0.157. The van der Waals surface area contributed by atoms with Crippen LogP contribution in [-0.4, -0.2) is 32.6 Å². The van der Waals surface area contributed by atoms with E-state index in [-0.39, 0.29) is 18.2 Å². The first-order chi connectivity index (χ1) is 7.27. The summed E-state index contributed by atoms with van der Waals surface area (Å²) in [4.78, 5) is 11.1. The van der Waals surface area contributed by atoms with Crippen LogP contribution in [0.4, 0.5) is 0 Å². The minimum Gasteiger partial charge on any atom is -0.463 e. The lowest BCUT2D eigenvalue weighted by atomic mass is 10.3. The van der Waals surface area contributed by atoms with Crippen LogP contribution in [0.15, 0.2) is 0 Å². The first-order valence-electron chi connectivity index (χ1n) is 5.59. The van der Waals surface area contributed by atoms with Crippen molar-refractivity contribution in [1.82, 2.24) is 0 Å². The van der Waals surface area contributed by atoms with Crippen LogP contribution in [0.1, 0.15) is 32.6 Å². The Balaban J connectivity index is 1.96. The Morgan fingerprint density at radius 3 is 2.67 bits per heavy atom. The fraction of sp³-hybridized carbons (Fsp3) is 0.909. The molecule has 0 bridgehead atoms. The molecule has 4 heteroatoms. The molecule has 0 aromatic carbocycles. The molecule has 0 radical (unpaired) electrons. The maximum atomic E-state index is 11.1. The molecular weight excluding hydrogens is 196 g/mol. The number of carbonyl (C=O) groups excluding carboxylic acids is 1. The lowest BCUT2D eigenvalue weighted by Gasteiger charge is -2.15. The number of hydrogen-bond donors (Lipinski definition) is 0. The van der Waals surface area contributed by atoms with Gasteiger partial charge in [-0.1, -0.05) is 13.3 Å². The molecule has 1 aliphatic carbocycles. The molecule has 1 unspecified atom stereocenters. The van der Waals surface area contributed by atoms with Crippen LogP contribution in [-0.2, 0) is 19.0 Å². The second kappa shape index (κ2) is 6.80. The van der Waals surface area contributed by atoms with Gasteiger partial charge in [0, 0.05) is 7.11 Å². The van der Waals surface area contributed by atoms with Crippen molar-refractivity contribution in [1.29, 1.82) is 0 Å². The second-order valence-corrected chi connectivity index (χ2v) is 3.77. The van der Waals surface area contributed by atoms with E-state index < -0.39 is 0 Å². The molecule has 1 fully saturated rings. The van der Waals surface area contributed by atoms with Gasteiger partial charge in [0.15, 0.2) is 6.29 Å². The number of methoxy groups -OCH3 is 1. The zero-order chi connectivity index (χ0) is 11.1. The normalized spacial score (nSPS) is 17.5. The van der Waals surface area contributed by atoms with Gasteiger partial charge in [-0.15, -0.1) is 0 Å². The fourth-order valence-electron chi connectivity index (χ4n) is 1.26. The van der Waals surface area contributed by atoms with E-state index in [9.17, 15) is 4.79 Å². The van der Waals surface area contributed by atoms with Crippen molar-refractivity contribution < 1.29 is 19.0 Å². The van der Waals surface area contributed by atoms with Crippen molar-refractivity contribution in [3.63, 3.8) is 0 Å². The van der Waals surface area contributed by atoms with E-state index in [2.05, 4.69) is 6.92 Å². The summed E-state index contributed by atoms with van der Waals surface area (Å²) in [6.07, 6.45) is 3.68. The predicted molar refractivity (Wildman–Crippen MR) is 55.3 cm³/mol. The van der Waals surface area contributed by atoms with E-state index in [4.69, 9.17) is 14.2 Å². The Morgan fingerprint density at radius 2 is 2.13 bits per heavy atom. The van der Waals surface area contributed by atoms with Crippen LogP contribution in [0.25, 0.3) is 0 Å². The summed E-state index contributed by atoms with van der Waals surface area (Å²) in [6, 6.07) is 0. The molecule has 0 saturated heterocycles. The van der Waals surface area contributed by atoms with Gasteiger partial charge in [-0.3, -0.25) is 4.79 Å². The molecule has 0 amide bonds. The minimum absolute atomic E-state index is 0.0805. The summed E-state index contributed by atoms with van der Waals surface area (Å²) in [6.45, 7) is 2.82. The van der Waals surface area contributed by atoms with Crippen LogP contribution in [0.3, 0.4) is 0 Å². The Bertz CT molecular complexity index is 189. The van der Waals surface area contributed by atoms with Gasteiger partial charge in [-0.25, -0.2) is 0 Å². The Morgan fingerprint density at radius 1 is 1.40 bits per heavy atom. The number of esters is 1. The third-order valence-corrected chi connectivity index (χ3v) is 2.33. The zero-order valence-electron chi connectivity index (χ0n) is 9.53. The largest absolute Gasteiger partial charge is 0.463 e. The number of rotatable bonds is 8. The summed E-state index contributed by atoms with van der Waals surface area (Å²) < 4.78 is 15.5. The monoisotopic (exact) mass is 216 g/mol. The summed E-state index contributed by atoms with van der Waals surface area (Å²) in [5.74, 6) is 0.0851. The third-order valence-electron chi connectivity index (χ3n) is 2.33. The Hall–Kier alpha value is -0.610. The van der Waals surface area contributed by atoms with Gasteiger partial charge in [0.05, 0.1) is 12.5 Å². The highest BCUT2D eigenvalue weighted by atomic mass is 16.7. The van der Waals surface area contributed by atoms with Crippen molar-refractivity contribution in [2.24, 2.45) is 5.92 Å². The van der Waals surface area contributed by atoms with Gasteiger partial charge in [0.1, 0.15) is 6.61 Å². The maximum Gasteiger partial charge on any atom is 0.309 e. The van der Waals surface area contributed by atoms with Crippen LogP contribution >= 0.6 is 0 Å². The minimum atomic E-state index is -0.172.